The van der Waals surface area contributed by atoms with Gasteiger partial charge in [0.1, 0.15) is 30.0 Å². The van der Waals surface area contributed by atoms with E-state index < -0.39 is 138 Å². The summed E-state index contributed by atoms with van der Waals surface area (Å²) in [5.74, 6) is -11.6. The van der Waals surface area contributed by atoms with E-state index in [4.69, 9.17) is 28.7 Å². The van der Waals surface area contributed by atoms with Gasteiger partial charge in [-0.05, 0) is 114 Å². The first-order valence-corrected chi connectivity index (χ1v) is 30.4. The van der Waals surface area contributed by atoms with Crippen LogP contribution in [0.25, 0.3) is 0 Å². The van der Waals surface area contributed by atoms with Gasteiger partial charge in [0.15, 0.2) is 17.3 Å². The van der Waals surface area contributed by atoms with Crippen LogP contribution < -0.4 is 65.9 Å². The van der Waals surface area contributed by atoms with Crippen LogP contribution in [0.5, 0.6) is 0 Å². The SMILES string of the molecule is CCCCCCCC(=O)C[C@@H](CCN)C(=O)N[C@@H](CO)C(=O)C[C@@H](CCN)C(=O)N[C@H]1CCNC(=O)[C@H](CC(C)C)NC(=O)[C@H](CCN)CC(=O)[C@H](CCN)NC(=O)[C@H](CC(C)C)NC(=O)[C@@H](Cc2ccccc2)CC(=O)[C@H](CCN)NC1=O. The van der Waals surface area contributed by atoms with Crippen molar-refractivity contribution < 1.29 is 57.8 Å². The molecule has 10 atom stereocenters. The third kappa shape index (κ3) is 27.8. The van der Waals surface area contributed by atoms with E-state index in [0.717, 1.165) is 25.7 Å². The second kappa shape index (κ2) is 41.1. The third-order valence-corrected chi connectivity index (χ3v) is 15.0. The number of nitrogens with one attached hydrogen (secondary N) is 7. The van der Waals surface area contributed by atoms with Crippen molar-refractivity contribution in [3.63, 3.8) is 0 Å². The van der Waals surface area contributed by atoms with Gasteiger partial charge in [0, 0.05) is 62.3 Å². The van der Waals surface area contributed by atoms with E-state index in [0.29, 0.717) is 12.0 Å². The van der Waals surface area contributed by atoms with Crippen LogP contribution in [0.3, 0.4) is 0 Å². The maximum Gasteiger partial charge on any atom is 0.243 e. The Morgan fingerprint density at radius 2 is 1.11 bits per heavy atom. The fourth-order valence-electron chi connectivity index (χ4n) is 10.2. The van der Waals surface area contributed by atoms with E-state index in [1.54, 1.807) is 30.3 Å². The Kier molecular flexibility index (Phi) is 36.2. The van der Waals surface area contributed by atoms with Crippen LogP contribution in [0.1, 0.15) is 156 Å². The zero-order valence-corrected chi connectivity index (χ0v) is 50.5. The molecule has 1 heterocycles. The topological polar surface area (TPSA) is 422 Å². The van der Waals surface area contributed by atoms with Crippen molar-refractivity contribution in [1.29, 1.82) is 0 Å². The molecule has 1 aromatic rings. The Morgan fingerprint density at radius 3 is 1.64 bits per heavy atom. The average Bonchev–Trinajstić information content (AvgIpc) is 3.66. The molecule has 1 aromatic carbocycles. The molecule has 0 spiro atoms. The van der Waals surface area contributed by atoms with Crippen molar-refractivity contribution in [2.75, 3.05) is 45.9 Å². The van der Waals surface area contributed by atoms with Gasteiger partial charge in [-0.2, -0.15) is 0 Å². The van der Waals surface area contributed by atoms with Crippen LogP contribution in [0.4, 0.5) is 0 Å². The summed E-state index contributed by atoms with van der Waals surface area (Å²) in [5, 5.41) is 29.4. The van der Waals surface area contributed by atoms with Crippen molar-refractivity contribution >= 4 is 64.5 Å². The fraction of sp³-hybridized carbons (Fsp3) is 0.717. The highest BCUT2D eigenvalue weighted by Crippen LogP contribution is 2.21. The lowest BCUT2D eigenvalue weighted by Gasteiger charge is -2.27. The molecule has 1 aliphatic rings. The first kappa shape index (κ1) is 74.1. The van der Waals surface area contributed by atoms with Crippen molar-refractivity contribution in [2.24, 2.45) is 64.2 Å². The lowest BCUT2D eigenvalue weighted by atomic mass is 9.89. The predicted octanol–water partition coefficient (Wildman–Crippen LogP) is 0.148. The van der Waals surface area contributed by atoms with Crippen LogP contribution >= 0.6 is 0 Å². The Labute approximate surface area is 496 Å². The minimum atomic E-state index is -1.52. The van der Waals surface area contributed by atoms with Gasteiger partial charge >= 0.3 is 0 Å². The van der Waals surface area contributed by atoms with E-state index in [2.05, 4.69) is 44.1 Å². The molecule has 474 valence electrons. The summed E-state index contributed by atoms with van der Waals surface area (Å²) < 4.78 is 0. The Hall–Kier alpha value is -6.05. The number of Topliss-reactive ketones (excluding diaryl/α,β-unsaturated/α-hetero) is 4. The quantitative estimate of drug-likeness (QED) is 0.0427. The number of hydrogen-bond acceptors (Lipinski definition) is 17. The maximum atomic E-state index is 14.6. The molecule has 7 amide bonds. The highest BCUT2D eigenvalue weighted by molar-refractivity contribution is 5.99. The summed E-state index contributed by atoms with van der Waals surface area (Å²) in [6, 6.07) is 0.998. The fourth-order valence-corrected chi connectivity index (χ4v) is 10.2. The second-order valence-electron chi connectivity index (χ2n) is 23.2. The van der Waals surface area contributed by atoms with Crippen molar-refractivity contribution in [2.45, 2.75) is 193 Å². The first-order valence-electron chi connectivity index (χ1n) is 30.4. The van der Waals surface area contributed by atoms with Crippen LogP contribution in [0.15, 0.2) is 30.3 Å². The maximum absolute atomic E-state index is 14.6. The number of aliphatic hydroxyl groups excluding tert-OH is 1. The molecule has 0 radical (unpaired) electrons. The standard InChI is InChI=1S/C60H102N12O12/c1-6-7-8-9-13-16-44(74)32-40(17-23-61)54(78)72-50(36-73)53(77)34-42(19-25-63)55(79)69-47-22-28-66-58(82)48(29-37(2)3)70-56(80)41(18-24-62)33-51(75)45(20-26-64)68-60(84)49(30-38(4)5)71-57(81)43(31-39-14-11-10-12-15-39)35-52(76)46(21-27-65)67-59(47)83/h10-12,14-15,37-38,40-43,45-50,73H,6-9,13,16-36,61-65H2,1-5H3,(H,66,82)(H,67,83)(H,68,84)(H,69,79)(H,70,80)(H,71,81)(H,72,78)/t40-,41-,42-,43+,45+,46+,47+,48+,49+,50+/m1/s1. The molecule has 0 unspecified atom stereocenters. The van der Waals surface area contributed by atoms with Gasteiger partial charge in [-0.25, -0.2) is 0 Å². The lowest BCUT2D eigenvalue weighted by Crippen LogP contribution is -2.55. The number of nitrogens with two attached hydrogens (primary N) is 5. The molecular weight excluding hydrogens is 1080 g/mol. The molecule has 1 saturated heterocycles. The first-order chi connectivity index (χ1) is 40.0. The molecule has 1 fully saturated rings. The minimum absolute atomic E-state index is 0.000646. The van der Waals surface area contributed by atoms with E-state index in [1.165, 1.54) is 0 Å². The van der Waals surface area contributed by atoms with Crippen molar-refractivity contribution in [1.82, 2.24) is 37.2 Å². The van der Waals surface area contributed by atoms with Crippen molar-refractivity contribution in [3.8, 4) is 0 Å². The van der Waals surface area contributed by atoms with E-state index >= 15 is 0 Å². The monoisotopic (exact) mass is 1180 g/mol. The number of aliphatic hydroxyl groups is 1. The number of rotatable bonds is 32. The van der Waals surface area contributed by atoms with Crippen LogP contribution in [-0.2, 0) is 59.2 Å². The number of ketones is 4. The number of unbranched alkanes of at least 4 members (excludes halogenated alkanes) is 4. The smallest absolute Gasteiger partial charge is 0.243 e. The zero-order valence-electron chi connectivity index (χ0n) is 50.5. The predicted molar refractivity (Wildman–Crippen MR) is 320 cm³/mol. The summed E-state index contributed by atoms with van der Waals surface area (Å²) in [7, 11) is 0. The summed E-state index contributed by atoms with van der Waals surface area (Å²) >= 11 is 0. The molecule has 0 aliphatic carbocycles. The number of amides is 7. The highest BCUT2D eigenvalue weighted by Gasteiger charge is 2.37. The third-order valence-electron chi connectivity index (χ3n) is 15.0. The molecule has 0 saturated carbocycles. The zero-order chi connectivity index (χ0) is 62.7. The van der Waals surface area contributed by atoms with Crippen LogP contribution in [0, 0.1) is 35.5 Å². The van der Waals surface area contributed by atoms with Crippen LogP contribution in [0.2, 0.25) is 0 Å². The molecule has 24 nitrogen and oxygen atoms in total. The second-order valence-corrected chi connectivity index (χ2v) is 23.2. The summed E-state index contributed by atoms with van der Waals surface area (Å²) in [6.45, 7) is 8.12. The normalized spacial score (nSPS) is 22.2. The van der Waals surface area contributed by atoms with Crippen LogP contribution in [-0.4, -0.2) is 152 Å². The molecular formula is C60H102N12O12. The van der Waals surface area contributed by atoms with Gasteiger partial charge in [-0.15, -0.1) is 0 Å². The van der Waals surface area contributed by atoms with Gasteiger partial charge < -0.3 is 71.0 Å². The molecule has 2 rings (SSSR count). The molecule has 24 heteroatoms. The molecule has 84 heavy (non-hydrogen) atoms. The van der Waals surface area contributed by atoms with Gasteiger partial charge in [-0.1, -0.05) is 90.6 Å². The summed E-state index contributed by atoms with van der Waals surface area (Å²) in [4.78, 5) is 155. The average molecular weight is 1180 g/mol. The van der Waals surface area contributed by atoms with Gasteiger partial charge in [0.2, 0.25) is 41.4 Å². The number of carbonyl (C=O) groups excluding carboxylic acids is 11. The van der Waals surface area contributed by atoms with E-state index in [9.17, 15) is 57.8 Å². The summed E-state index contributed by atoms with van der Waals surface area (Å²) in [6.07, 6.45) is 3.39. The van der Waals surface area contributed by atoms with Gasteiger partial charge in [0.25, 0.3) is 0 Å². The molecule has 0 aromatic heterocycles. The van der Waals surface area contributed by atoms with E-state index in [-0.39, 0.29) is 134 Å². The lowest BCUT2D eigenvalue weighted by molar-refractivity contribution is -0.136. The molecule has 0 bridgehead atoms. The Balaban J connectivity index is 2.68. The van der Waals surface area contributed by atoms with Gasteiger partial charge in [-0.3, -0.25) is 52.7 Å². The Morgan fingerprint density at radius 1 is 0.595 bits per heavy atom. The Bertz CT molecular complexity index is 2250. The van der Waals surface area contributed by atoms with Crippen molar-refractivity contribution in [3.05, 3.63) is 35.9 Å². The largest absolute Gasteiger partial charge is 0.394 e. The van der Waals surface area contributed by atoms with E-state index in [1.807, 2.05) is 27.7 Å². The van der Waals surface area contributed by atoms with Gasteiger partial charge in [0.05, 0.1) is 18.7 Å². The summed E-state index contributed by atoms with van der Waals surface area (Å²) in [5.41, 5.74) is 30.4. The molecule has 18 N–H and O–H groups in total. The highest BCUT2D eigenvalue weighted by atomic mass is 16.3. The number of carbonyl (C=O) groups is 11. The molecule has 1 aliphatic heterocycles. The minimum Gasteiger partial charge on any atom is -0.394 e. The number of hydrogen-bond donors (Lipinski definition) is 13. The number of benzene rings is 1.